The van der Waals surface area contributed by atoms with E-state index in [1.807, 2.05) is 12.1 Å². The Morgan fingerprint density at radius 3 is 2.32 bits per heavy atom. The van der Waals surface area contributed by atoms with E-state index in [0.29, 0.717) is 19.4 Å². The molecule has 0 unspecified atom stereocenters. The summed E-state index contributed by atoms with van der Waals surface area (Å²) < 4.78 is 22.9. The highest BCUT2D eigenvalue weighted by Crippen LogP contribution is 2.27. The fourth-order valence-corrected chi connectivity index (χ4v) is 3.58. The summed E-state index contributed by atoms with van der Waals surface area (Å²) >= 11 is 0. The molecule has 0 atom stereocenters. The summed E-state index contributed by atoms with van der Waals surface area (Å²) in [4.78, 5) is 12.2. The summed E-state index contributed by atoms with van der Waals surface area (Å²) in [7, 11) is -3.10. The molecule has 1 fully saturated rings. The van der Waals surface area contributed by atoms with Crippen molar-refractivity contribution in [3.8, 4) is 0 Å². The maximum absolute atomic E-state index is 12.2. The molecular weight excluding hydrogens is 324 g/mol. The average molecular weight is 347 g/mol. The predicted molar refractivity (Wildman–Crippen MR) is 89.5 cm³/mol. The van der Waals surface area contributed by atoms with Gasteiger partial charge in [-0.05, 0) is 24.0 Å². The van der Waals surface area contributed by atoms with E-state index < -0.39 is 15.4 Å². The average Bonchev–Trinajstić information content (AvgIpc) is 2.84. The molecule has 0 radical (unpaired) electrons. The zero-order valence-electron chi connectivity index (χ0n) is 12.7. The van der Waals surface area contributed by atoms with Gasteiger partial charge in [-0.1, -0.05) is 37.1 Å². The minimum Gasteiger partial charge on any atom is -0.350 e. The van der Waals surface area contributed by atoms with Crippen molar-refractivity contribution in [2.45, 2.75) is 43.5 Å². The molecule has 1 amide bonds. The lowest BCUT2D eigenvalue weighted by Crippen LogP contribution is -2.51. The Balaban J connectivity index is 0.00000242. The molecule has 0 saturated heterocycles. The number of carbonyl (C=O) groups excluding carboxylic acids is 1. The predicted octanol–water partition coefficient (Wildman–Crippen LogP) is 1.54. The number of rotatable bonds is 5. The van der Waals surface area contributed by atoms with Crippen LogP contribution in [0, 0.1) is 0 Å². The number of benzene rings is 1. The molecule has 0 aliphatic heterocycles. The Bertz CT molecular complexity index is 625. The van der Waals surface area contributed by atoms with Crippen LogP contribution in [-0.4, -0.2) is 26.1 Å². The van der Waals surface area contributed by atoms with Gasteiger partial charge in [-0.25, -0.2) is 8.42 Å². The molecule has 1 aliphatic carbocycles. The van der Waals surface area contributed by atoms with Crippen LogP contribution < -0.4 is 11.1 Å². The molecule has 7 heteroatoms. The lowest BCUT2D eigenvalue weighted by Gasteiger charge is -2.22. The van der Waals surface area contributed by atoms with Crippen molar-refractivity contribution in [1.29, 1.82) is 0 Å². The highest BCUT2D eigenvalue weighted by Gasteiger charge is 2.36. The molecule has 124 valence electrons. The number of amides is 1. The van der Waals surface area contributed by atoms with Crippen molar-refractivity contribution in [3.63, 3.8) is 0 Å². The van der Waals surface area contributed by atoms with Gasteiger partial charge in [-0.15, -0.1) is 12.4 Å². The summed E-state index contributed by atoms with van der Waals surface area (Å²) in [5, 5.41) is 2.85. The fraction of sp³-hybridized carbons (Fsp3) is 0.533. The van der Waals surface area contributed by atoms with Crippen molar-refractivity contribution in [3.05, 3.63) is 35.4 Å². The Morgan fingerprint density at radius 2 is 1.77 bits per heavy atom. The van der Waals surface area contributed by atoms with Crippen molar-refractivity contribution in [2.75, 3.05) is 6.26 Å². The Kier molecular flexibility index (Phi) is 6.40. The van der Waals surface area contributed by atoms with E-state index in [4.69, 9.17) is 5.73 Å². The Labute approximate surface area is 138 Å². The summed E-state index contributed by atoms with van der Waals surface area (Å²) in [6.07, 6.45) is 4.59. The lowest BCUT2D eigenvalue weighted by atomic mass is 9.98. The van der Waals surface area contributed by atoms with E-state index in [9.17, 15) is 13.2 Å². The topological polar surface area (TPSA) is 89.3 Å². The maximum Gasteiger partial charge on any atom is 0.240 e. The Hall–Kier alpha value is -1.11. The number of halogens is 1. The summed E-state index contributed by atoms with van der Waals surface area (Å²) in [5.74, 6) is -0.165. The van der Waals surface area contributed by atoms with Crippen LogP contribution in [0.4, 0.5) is 0 Å². The molecule has 1 aromatic rings. The molecule has 5 nitrogen and oxygen atoms in total. The van der Waals surface area contributed by atoms with E-state index in [1.165, 1.54) is 6.26 Å². The first-order valence-electron chi connectivity index (χ1n) is 7.12. The van der Waals surface area contributed by atoms with Crippen molar-refractivity contribution in [1.82, 2.24) is 5.32 Å². The van der Waals surface area contributed by atoms with Crippen LogP contribution in [0.25, 0.3) is 0 Å². The van der Waals surface area contributed by atoms with Crippen LogP contribution in [0.5, 0.6) is 0 Å². The zero-order valence-corrected chi connectivity index (χ0v) is 14.3. The van der Waals surface area contributed by atoms with Gasteiger partial charge in [0.25, 0.3) is 0 Å². The summed E-state index contributed by atoms with van der Waals surface area (Å²) in [6, 6.07) is 7.24. The minimum absolute atomic E-state index is 0. The van der Waals surface area contributed by atoms with Gasteiger partial charge >= 0.3 is 0 Å². The van der Waals surface area contributed by atoms with Crippen LogP contribution >= 0.6 is 12.4 Å². The second-order valence-electron chi connectivity index (χ2n) is 5.88. The van der Waals surface area contributed by atoms with Crippen LogP contribution in [0.3, 0.4) is 0 Å². The molecule has 0 bridgehead atoms. The molecule has 22 heavy (non-hydrogen) atoms. The molecule has 2 rings (SSSR count). The van der Waals surface area contributed by atoms with Crippen LogP contribution in [0.2, 0.25) is 0 Å². The summed E-state index contributed by atoms with van der Waals surface area (Å²) in [6.45, 7) is 0.309. The smallest absolute Gasteiger partial charge is 0.240 e. The number of carbonyl (C=O) groups is 1. The van der Waals surface area contributed by atoms with Crippen molar-refractivity contribution in [2.24, 2.45) is 5.73 Å². The maximum atomic E-state index is 12.2. The summed E-state index contributed by atoms with van der Waals surface area (Å²) in [5.41, 5.74) is 6.88. The van der Waals surface area contributed by atoms with Gasteiger partial charge in [0, 0.05) is 12.8 Å². The van der Waals surface area contributed by atoms with Crippen LogP contribution in [0.1, 0.15) is 36.8 Å². The minimum atomic E-state index is -3.10. The number of nitrogens with two attached hydrogens (primary N) is 1. The fourth-order valence-electron chi connectivity index (χ4n) is 2.74. The van der Waals surface area contributed by atoms with Gasteiger partial charge in [0.15, 0.2) is 9.84 Å². The largest absolute Gasteiger partial charge is 0.350 e. The monoisotopic (exact) mass is 346 g/mol. The second kappa shape index (κ2) is 7.44. The van der Waals surface area contributed by atoms with E-state index in [0.717, 1.165) is 24.0 Å². The first kappa shape index (κ1) is 18.9. The van der Waals surface area contributed by atoms with Gasteiger partial charge in [0.05, 0.1) is 11.3 Å². The molecule has 1 aromatic carbocycles. The molecule has 0 aromatic heterocycles. The van der Waals surface area contributed by atoms with Crippen molar-refractivity contribution < 1.29 is 13.2 Å². The van der Waals surface area contributed by atoms with Gasteiger partial charge in [-0.3, -0.25) is 4.79 Å². The quantitative estimate of drug-likeness (QED) is 0.846. The first-order valence-corrected chi connectivity index (χ1v) is 9.18. The SMILES string of the molecule is CS(=O)(=O)Cc1ccccc1CNC(=O)C1(N)CCCC1.Cl. The van der Waals surface area contributed by atoms with Crippen LogP contribution in [0.15, 0.2) is 24.3 Å². The van der Waals surface area contributed by atoms with Gasteiger partial charge < -0.3 is 11.1 Å². The molecule has 1 aliphatic rings. The number of hydrogen-bond donors (Lipinski definition) is 2. The number of nitrogens with one attached hydrogen (secondary N) is 1. The highest BCUT2D eigenvalue weighted by atomic mass is 35.5. The van der Waals surface area contributed by atoms with Crippen LogP contribution in [-0.2, 0) is 26.9 Å². The van der Waals surface area contributed by atoms with Gasteiger partial charge in [0.1, 0.15) is 0 Å². The normalized spacial score (nSPS) is 16.8. The van der Waals surface area contributed by atoms with Crippen molar-refractivity contribution >= 4 is 28.2 Å². The van der Waals surface area contributed by atoms with E-state index in [-0.39, 0.29) is 24.1 Å². The standard InChI is InChI=1S/C15H22N2O3S.ClH/c1-21(19,20)11-13-7-3-2-6-12(13)10-17-14(18)15(16)8-4-5-9-15;/h2-3,6-7H,4-5,8-11,16H2,1H3,(H,17,18);1H. The van der Waals surface area contributed by atoms with E-state index in [1.54, 1.807) is 12.1 Å². The lowest BCUT2D eigenvalue weighted by molar-refractivity contribution is -0.126. The third-order valence-electron chi connectivity index (χ3n) is 3.92. The van der Waals surface area contributed by atoms with Gasteiger partial charge in [0.2, 0.25) is 5.91 Å². The third kappa shape index (κ3) is 4.97. The Morgan fingerprint density at radius 1 is 1.23 bits per heavy atom. The second-order valence-corrected chi connectivity index (χ2v) is 8.02. The molecular formula is C15H23ClN2O3S. The zero-order chi connectivity index (χ0) is 15.5. The molecule has 3 N–H and O–H groups in total. The number of sulfone groups is 1. The third-order valence-corrected chi connectivity index (χ3v) is 4.76. The molecule has 1 saturated carbocycles. The first-order chi connectivity index (χ1) is 9.80. The van der Waals surface area contributed by atoms with E-state index in [2.05, 4.69) is 5.32 Å². The number of hydrogen-bond acceptors (Lipinski definition) is 4. The highest BCUT2D eigenvalue weighted by molar-refractivity contribution is 7.89. The molecule has 0 spiro atoms. The molecule has 0 heterocycles. The van der Waals surface area contributed by atoms with Gasteiger partial charge in [-0.2, -0.15) is 0 Å². The van der Waals surface area contributed by atoms with E-state index >= 15 is 0 Å².